The molecule has 1 aliphatic rings. The monoisotopic (exact) mass is 359 g/mol. The van der Waals surface area contributed by atoms with E-state index in [1.807, 2.05) is 0 Å². The van der Waals surface area contributed by atoms with E-state index in [2.05, 4.69) is 10.1 Å². The highest BCUT2D eigenvalue weighted by atomic mass is 19.1. The number of rotatable bonds is 5. The Hall–Kier alpha value is -3.27. The molecular formula is C16H14FN5O4. The van der Waals surface area contributed by atoms with Gasteiger partial charge in [0.1, 0.15) is 24.7 Å². The van der Waals surface area contributed by atoms with Crippen LogP contribution >= 0.6 is 0 Å². The molecule has 26 heavy (non-hydrogen) atoms. The molecule has 0 unspecified atom stereocenters. The van der Waals surface area contributed by atoms with Gasteiger partial charge in [-0.1, -0.05) is 0 Å². The summed E-state index contributed by atoms with van der Waals surface area (Å²) >= 11 is 0. The van der Waals surface area contributed by atoms with Crippen molar-refractivity contribution in [3.8, 4) is 11.7 Å². The number of benzene rings is 1. The van der Waals surface area contributed by atoms with Crippen molar-refractivity contribution < 1.29 is 18.8 Å². The highest BCUT2D eigenvalue weighted by Crippen LogP contribution is 2.22. The Morgan fingerprint density at radius 2 is 2.15 bits per heavy atom. The molecule has 0 bridgehead atoms. The zero-order valence-corrected chi connectivity index (χ0v) is 13.5. The van der Waals surface area contributed by atoms with Crippen molar-refractivity contribution in [2.45, 2.75) is 19.3 Å². The first-order valence-corrected chi connectivity index (χ1v) is 7.85. The van der Waals surface area contributed by atoms with Crippen molar-refractivity contribution in [1.82, 2.24) is 19.3 Å². The number of fused-ring (bicyclic) bond motifs is 1. The van der Waals surface area contributed by atoms with Crippen LogP contribution in [-0.4, -0.2) is 37.0 Å². The summed E-state index contributed by atoms with van der Waals surface area (Å²) in [5.74, 6) is -0.556. The molecule has 1 aliphatic heterocycles. The maximum absolute atomic E-state index is 13.0. The predicted octanol–water partition coefficient (Wildman–Crippen LogP) is 2.09. The first kappa shape index (κ1) is 16.2. The Morgan fingerprint density at radius 3 is 2.92 bits per heavy atom. The summed E-state index contributed by atoms with van der Waals surface area (Å²) in [5.41, 5.74) is 1.45. The third-order valence-corrected chi connectivity index (χ3v) is 3.92. The van der Waals surface area contributed by atoms with E-state index in [1.165, 1.54) is 18.3 Å². The topological polar surface area (TPSA) is 97.2 Å². The van der Waals surface area contributed by atoms with Gasteiger partial charge in [0.2, 0.25) is 0 Å². The first-order valence-electron chi connectivity index (χ1n) is 7.85. The van der Waals surface area contributed by atoms with Crippen molar-refractivity contribution in [1.29, 1.82) is 0 Å². The lowest BCUT2D eigenvalue weighted by Gasteiger charge is -2.21. The molecule has 3 aromatic rings. The Kier molecular flexibility index (Phi) is 4.09. The number of halogens is 1. The van der Waals surface area contributed by atoms with E-state index in [1.54, 1.807) is 33.6 Å². The molecular weight excluding hydrogens is 345 g/mol. The summed E-state index contributed by atoms with van der Waals surface area (Å²) < 4.78 is 27.4. The fourth-order valence-electron chi connectivity index (χ4n) is 2.64. The van der Waals surface area contributed by atoms with Gasteiger partial charge < -0.3 is 19.6 Å². The molecule has 0 aliphatic carbocycles. The van der Waals surface area contributed by atoms with Crippen LogP contribution < -0.4 is 4.74 Å². The first-order chi connectivity index (χ1) is 12.6. The van der Waals surface area contributed by atoms with Crippen LogP contribution in [0.3, 0.4) is 0 Å². The Morgan fingerprint density at radius 1 is 1.35 bits per heavy atom. The number of ether oxygens (including phenoxy) is 2. The SMILES string of the molecule is O=[N+]([O-])c1cn2c(n1)OC[C@@H](OCc1ccn(-c3ccc(F)cc3)n1)C2. The van der Waals surface area contributed by atoms with Crippen LogP contribution in [0.5, 0.6) is 6.01 Å². The second kappa shape index (κ2) is 6.56. The second-order valence-corrected chi connectivity index (χ2v) is 5.76. The zero-order chi connectivity index (χ0) is 18.1. The van der Waals surface area contributed by atoms with Crippen molar-refractivity contribution in [2.24, 2.45) is 0 Å². The molecule has 1 atom stereocenters. The molecule has 0 fully saturated rings. The third-order valence-electron chi connectivity index (χ3n) is 3.92. The molecule has 0 saturated carbocycles. The molecule has 1 aromatic carbocycles. The van der Waals surface area contributed by atoms with Gasteiger partial charge in [-0.05, 0) is 35.3 Å². The second-order valence-electron chi connectivity index (χ2n) is 5.76. The van der Waals surface area contributed by atoms with Gasteiger partial charge in [-0.25, -0.2) is 9.07 Å². The Labute approximate surface area is 146 Å². The van der Waals surface area contributed by atoms with Crippen LogP contribution in [0.25, 0.3) is 5.69 Å². The van der Waals surface area contributed by atoms with Gasteiger partial charge in [0, 0.05) is 11.2 Å². The van der Waals surface area contributed by atoms with Gasteiger partial charge >= 0.3 is 11.8 Å². The number of nitro groups is 1. The standard InChI is InChI=1S/C16H14FN5O4/c17-11-1-3-13(4-2-11)21-6-5-12(19-21)9-25-14-7-20-8-15(22(23)24)18-16(20)26-10-14/h1-6,8,14H,7,9-10H2/t14-/m0/s1. The van der Waals surface area contributed by atoms with Gasteiger partial charge in [0.05, 0.1) is 24.5 Å². The number of nitrogens with zero attached hydrogens (tertiary/aromatic N) is 5. The lowest BCUT2D eigenvalue weighted by molar-refractivity contribution is -0.389. The minimum Gasteiger partial charge on any atom is -0.443 e. The van der Waals surface area contributed by atoms with Crippen LogP contribution in [0.2, 0.25) is 0 Å². The van der Waals surface area contributed by atoms with E-state index in [0.29, 0.717) is 12.2 Å². The number of aromatic nitrogens is 4. The van der Waals surface area contributed by atoms with Crippen LogP contribution in [0.4, 0.5) is 10.2 Å². The Balaban J connectivity index is 1.37. The maximum Gasteiger partial charge on any atom is 0.414 e. The van der Waals surface area contributed by atoms with E-state index < -0.39 is 4.92 Å². The lowest BCUT2D eigenvalue weighted by Crippen LogP contribution is -2.32. The molecule has 9 nitrogen and oxygen atoms in total. The molecule has 4 rings (SSSR count). The van der Waals surface area contributed by atoms with Gasteiger partial charge in [0.25, 0.3) is 0 Å². The van der Waals surface area contributed by atoms with E-state index in [4.69, 9.17) is 9.47 Å². The van der Waals surface area contributed by atoms with Crippen molar-refractivity contribution in [3.05, 3.63) is 64.4 Å². The average Bonchev–Trinajstić information content (AvgIpc) is 3.27. The Bertz CT molecular complexity index is 937. The summed E-state index contributed by atoms with van der Waals surface area (Å²) in [4.78, 5) is 14.0. The third kappa shape index (κ3) is 3.26. The minimum absolute atomic E-state index is 0.220. The summed E-state index contributed by atoms with van der Waals surface area (Å²) in [6.07, 6.45) is 2.82. The molecule has 134 valence electrons. The van der Waals surface area contributed by atoms with Crippen LogP contribution in [-0.2, 0) is 17.9 Å². The molecule has 0 spiro atoms. The summed E-state index contributed by atoms with van der Waals surface area (Å²) in [6, 6.07) is 8.03. The van der Waals surface area contributed by atoms with E-state index in [9.17, 15) is 14.5 Å². The quantitative estimate of drug-likeness (QED) is 0.511. The molecule has 0 radical (unpaired) electrons. The lowest BCUT2D eigenvalue weighted by atomic mass is 10.3. The summed E-state index contributed by atoms with van der Waals surface area (Å²) in [7, 11) is 0. The van der Waals surface area contributed by atoms with E-state index in [-0.39, 0.29) is 37.0 Å². The maximum atomic E-state index is 13.0. The fourth-order valence-corrected chi connectivity index (χ4v) is 2.64. The van der Waals surface area contributed by atoms with Crippen molar-refractivity contribution in [3.63, 3.8) is 0 Å². The van der Waals surface area contributed by atoms with Gasteiger partial charge in [0.15, 0.2) is 0 Å². The van der Waals surface area contributed by atoms with Gasteiger partial charge in [-0.2, -0.15) is 5.10 Å². The number of hydrogen-bond acceptors (Lipinski definition) is 6. The summed E-state index contributed by atoms with van der Waals surface area (Å²) in [6.45, 7) is 0.927. The van der Waals surface area contributed by atoms with Crippen LogP contribution in [0, 0.1) is 15.9 Å². The van der Waals surface area contributed by atoms with Crippen molar-refractivity contribution >= 4 is 5.82 Å². The zero-order valence-electron chi connectivity index (χ0n) is 13.5. The average molecular weight is 359 g/mol. The van der Waals surface area contributed by atoms with Crippen molar-refractivity contribution in [2.75, 3.05) is 6.61 Å². The highest BCUT2D eigenvalue weighted by molar-refractivity contribution is 5.31. The molecule has 10 heteroatoms. The number of imidazole rings is 1. The highest BCUT2D eigenvalue weighted by Gasteiger charge is 2.28. The summed E-state index contributed by atoms with van der Waals surface area (Å²) in [5, 5.41) is 15.1. The van der Waals surface area contributed by atoms with E-state index in [0.717, 1.165) is 5.69 Å². The molecule has 0 N–H and O–H groups in total. The van der Waals surface area contributed by atoms with Gasteiger partial charge in [-0.3, -0.25) is 4.57 Å². The molecule has 0 saturated heterocycles. The molecule has 2 aromatic heterocycles. The number of hydrogen-bond donors (Lipinski definition) is 0. The fraction of sp³-hybridized carbons (Fsp3) is 0.250. The normalized spacial score (nSPS) is 16.1. The van der Waals surface area contributed by atoms with Crippen LogP contribution in [0.15, 0.2) is 42.7 Å². The largest absolute Gasteiger partial charge is 0.443 e. The smallest absolute Gasteiger partial charge is 0.414 e. The minimum atomic E-state index is -0.563. The molecule has 3 heterocycles. The molecule has 0 amide bonds. The van der Waals surface area contributed by atoms with Crippen LogP contribution in [0.1, 0.15) is 5.69 Å². The van der Waals surface area contributed by atoms with E-state index >= 15 is 0 Å². The predicted molar refractivity (Wildman–Crippen MR) is 86.5 cm³/mol. The van der Waals surface area contributed by atoms with Gasteiger partial charge in [-0.15, -0.1) is 0 Å².